The number of carbonyl (C=O) groups excluding carboxylic acids is 2. The Bertz CT molecular complexity index is 1600. The minimum atomic E-state index is -4.90. The Morgan fingerprint density at radius 2 is 1.59 bits per heavy atom. The number of aryl methyl sites for hydroxylation is 1. The predicted molar refractivity (Wildman–Crippen MR) is 167 cm³/mol. The standard InChI is InChI=1S/C30H31Cl3F3N3O4S/c1-4-14-37-29(41)27(5-2)38(17-20-8-9-21(31)15-26(20)33)28(40)18-39(44(42,43)23-11-6-19(3)7-12-23)22-10-13-25(32)24(16-22)30(34,35)36/h6-13,15-16,27H,4-5,14,17-18H2,1-3H3,(H,37,41). The molecule has 1 N–H and O–H groups in total. The van der Waals surface area contributed by atoms with Crippen LogP contribution in [0.5, 0.6) is 0 Å². The van der Waals surface area contributed by atoms with E-state index in [9.17, 15) is 31.2 Å². The van der Waals surface area contributed by atoms with Crippen molar-refractivity contribution in [1.29, 1.82) is 0 Å². The number of hydrogen-bond acceptors (Lipinski definition) is 4. The summed E-state index contributed by atoms with van der Waals surface area (Å²) < 4.78 is 69.9. The lowest BCUT2D eigenvalue weighted by Crippen LogP contribution is -2.52. The van der Waals surface area contributed by atoms with Gasteiger partial charge >= 0.3 is 6.18 Å². The number of nitrogens with zero attached hydrogens (tertiary/aromatic N) is 2. The van der Waals surface area contributed by atoms with E-state index >= 15 is 0 Å². The average molecular weight is 693 g/mol. The third kappa shape index (κ3) is 8.59. The molecule has 14 heteroatoms. The van der Waals surface area contributed by atoms with E-state index in [2.05, 4.69) is 5.32 Å². The molecule has 0 saturated heterocycles. The first-order valence-electron chi connectivity index (χ1n) is 13.6. The molecule has 0 spiro atoms. The van der Waals surface area contributed by atoms with Crippen LogP contribution in [0.25, 0.3) is 0 Å². The number of carbonyl (C=O) groups is 2. The summed E-state index contributed by atoms with van der Waals surface area (Å²) in [7, 11) is -4.60. The highest BCUT2D eigenvalue weighted by Crippen LogP contribution is 2.38. The van der Waals surface area contributed by atoms with E-state index in [0.717, 1.165) is 17.7 Å². The molecule has 3 aromatic carbocycles. The van der Waals surface area contributed by atoms with Crippen LogP contribution in [0.4, 0.5) is 18.9 Å². The van der Waals surface area contributed by atoms with Crippen LogP contribution in [0.3, 0.4) is 0 Å². The van der Waals surface area contributed by atoms with E-state index in [-0.39, 0.29) is 22.9 Å². The molecule has 0 saturated carbocycles. The van der Waals surface area contributed by atoms with Crippen molar-refractivity contribution in [3.8, 4) is 0 Å². The zero-order valence-electron chi connectivity index (χ0n) is 24.1. The molecule has 0 aliphatic heterocycles. The number of sulfonamides is 1. The summed E-state index contributed by atoms with van der Waals surface area (Å²) in [5.41, 5.74) is -0.552. The second-order valence-electron chi connectivity index (χ2n) is 9.96. The van der Waals surface area contributed by atoms with Crippen molar-refractivity contribution in [2.24, 2.45) is 0 Å². The molecule has 0 fully saturated rings. The summed E-state index contributed by atoms with van der Waals surface area (Å²) >= 11 is 18.2. The van der Waals surface area contributed by atoms with Crippen LogP contribution in [0.2, 0.25) is 15.1 Å². The number of anilines is 1. The van der Waals surface area contributed by atoms with Crippen molar-refractivity contribution in [3.05, 3.63) is 92.4 Å². The lowest BCUT2D eigenvalue weighted by molar-refractivity contribution is -0.140. The normalized spacial score (nSPS) is 12.5. The molecule has 3 rings (SSSR count). The fraction of sp³-hybridized carbons (Fsp3) is 0.333. The first kappa shape index (κ1) is 35.5. The van der Waals surface area contributed by atoms with E-state index < -0.39 is 56.9 Å². The molecule has 0 aliphatic carbocycles. The van der Waals surface area contributed by atoms with Crippen molar-refractivity contribution >= 4 is 62.3 Å². The lowest BCUT2D eigenvalue weighted by Gasteiger charge is -2.33. The van der Waals surface area contributed by atoms with Gasteiger partial charge in [-0.25, -0.2) is 8.42 Å². The molecular formula is C30H31Cl3F3N3O4S. The zero-order valence-corrected chi connectivity index (χ0v) is 27.2. The maximum atomic E-state index is 14.1. The average Bonchev–Trinajstić information content (AvgIpc) is 2.95. The molecule has 0 bridgehead atoms. The van der Waals surface area contributed by atoms with Crippen LogP contribution in [0.15, 0.2) is 65.6 Å². The van der Waals surface area contributed by atoms with Gasteiger partial charge in [0.1, 0.15) is 12.6 Å². The molecule has 0 aromatic heterocycles. The summed E-state index contributed by atoms with van der Waals surface area (Å²) in [5.74, 6) is -1.33. The van der Waals surface area contributed by atoms with Crippen LogP contribution < -0.4 is 9.62 Å². The van der Waals surface area contributed by atoms with Gasteiger partial charge in [-0.3, -0.25) is 13.9 Å². The van der Waals surface area contributed by atoms with Crippen LogP contribution in [0.1, 0.15) is 43.4 Å². The molecule has 1 unspecified atom stereocenters. The maximum Gasteiger partial charge on any atom is 0.417 e. The molecule has 0 heterocycles. The highest BCUT2D eigenvalue weighted by molar-refractivity contribution is 7.92. The summed E-state index contributed by atoms with van der Waals surface area (Å²) in [5, 5.41) is 2.65. The van der Waals surface area contributed by atoms with Gasteiger partial charge in [-0.1, -0.05) is 72.4 Å². The van der Waals surface area contributed by atoms with Gasteiger partial charge < -0.3 is 10.2 Å². The van der Waals surface area contributed by atoms with E-state index in [1.807, 2.05) is 6.92 Å². The third-order valence-corrected chi connectivity index (χ3v) is 9.43. The number of alkyl halides is 3. The van der Waals surface area contributed by atoms with Crippen molar-refractivity contribution in [3.63, 3.8) is 0 Å². The first-order chi connectivity index (χ1) is 20.6. The Hall–Kier alpha value is -2.99. The number of rotatable bonds is 12. The van der Waals surface area contributed by atoms with Crippen molar-refractivity contribution < 1.29 is 31.2 Å². The Morgan fingerprint density at radius 3 is 2.16 bits per heavy atom. The largest absolute Gasteiger partial charge is 0.417 e. The van der Waals surface area contributed by atoms with Gasteiger partial charge in [0.2, 0.25) is 11.8 Å². The van der Waals surface area contributed by atoms with Gasteiger partial charge in [-0.15, -0.1) is 0 Å². The van der Waals surface area contributed by atoms with Crippen LogP contribution in [-0.4, -0.2) is 44.3 Å². The van der Waals surface area contributed by atoms with Gasteiger partial charge in [0.05, 0.1) is 21.2 Å². The van der Waals surface area contributed by atoms with Gasteiger partial charge in [-0.2, -0.15) is 13.2 Å². The molecule has 44 heavy (non-hydrogen) atoms. The molecule has 2 amide bonds. The second kappa shape index (κ2) is 14.9. The van der Waals surface area contributed by atoms with Crippen LogP contribution >= 0.6 is 34.8 Å². The van der Waals surface area contributed by atoms with E-state index in [1.54, 1.807) is 26.0 Å². The Kier molecular flexibility index (Phi) is 12.0. The van der Waals surface area contributed by atoms with Crippen molar-refractivity contribution in [2.45, 2.75) is 57.3 Å². The maximum absolute atomic E-state index is 14.1. The number of halogens is 6. The molecule has 1 atom stereocenters. The molecule has 0 radical (unpaired) electrons. The Labute approximate surface area is 269 Å². The lowest BCUT2D eigenvalue weighted by atomic mass is 10.1. The molecule has 3 aromatic rings. The smallest absolute Gasteiger partial charge is 0.354 e. The quantitative estimate of drug-likeness (QED) is 0.213. The fourth-order valence-electron chi connectivity index (χ4n) is 4.37. The van der Waals surface area contributed by atoms with Gasteiger partial charge in [-0.05, 0) is 67.8 Å². The molecular weight excluding hydrogens is 662 g/mol. The van der Waals surface area contributed by atoms with Crippen LogP contribution in [-0.2, 0) is 32.3 Å². The Balaban J connectivity index is 2.16. The fourth-order valence-corrected chi connectivity index (χ4v) is 6.47. The summed E-state index contributed by atoms with van der Waals surface area (Å²) in [6, 6.07) is 11.7. The number of benzene rings is 3. The number of nitrogens with one attached hydrogen (secondary N) is 1. The minimum absolute atomic E-state index is 0.149. The first-order valence-corrected chi connectivity index (χ1v) is 16.1. The summed E-state index contributed by atoms with van der Waals surface area (Å²) in [6.45, 7) is 4.46. The van der Waals surface area contributed by atoms with E-state index in [4.69, 9.17) is 34.8 Å². The van der Waals surface area contributed by atoms with Crippen molar-refractivity contribution in [1.82, 2.24) is 10.2 Å². The highest BCUT2D eigenvalue weighted by Gasteiger charge is 2.37. The topological polar surface area (TPSA) is 86.8 Å². The highest BCUT2D eigenvalue weighted by atomic mass is 35.5. The summed E-state index contributed by atoms with van der Waals surface area (Å²) in [6.07, 6.45) is -4.13. The van der Waals surface area contributed by atoms with E-state index in [1.165, 1.54) is 35.2 Å². The number of hydrogen-bond donors (Lipinski definition) is 1. The van der Waals surface area contributed by atoms with Crippen LogP contribution in [0, 0.1) is 6.92 Å². The monoisotopic (exact) mass is 691 g/mol. The Morgan fingerprint density at radius 1 is 0.932 bits per heavy atom. The molecule has 238 valence electrons. The summed E-state index contributed by atoms with van der Waals surface area (Å²) in [4.78, 5) is 28.2. The van der Waals surface area contributed by atoms with E-state index in [0.29, 0.717) is 33.9 Å². The minimum Gasteiger partial charge on any atom is -0.354 e. The van der Waals surface area contributed by atoms with Gasteiger partial charge in [0.25, 0.3) is 10.0 Å². The third-order valence-electron chi connectivity index (χ3n) is 6.72. The SMILES string of the molecule is CCCNC(=O)C(CC)N(Cc1ccc(Cl)cc1Cl)C(=O)CN(c1ccc(Cl)c(C(F)(F)F)c1)S(=O)(=O)c1ccc(C)cc1. The second-order valence-corrected chi connectivity index (χ2v) is 13.1. The number of amides is 2. The predicted octanol–water partition coefficient (Wildman–Crippen LogP) is 7.50. The van der Waals surface area contributed by atoms with Gasteiger partial charge in [0.15, 0.2) is 0 Å². The van der Waals surface area contributed by atoms with Gasteiger partial charge in [0, 0.05) is 23.1 Å². The molecule has 0 aliphatic rings. The zero-order chi connectivity index (χ0) is 32.8. The van der Waals surface area contributed by atoms with Crippen molar-refractivity contribution in [2.75, 3.05) is 17.4 Å². The molecule has 7 nitrogen and oxygen atoms in total.